The fourth-order valence-electron chi connectivity index (χ4n) is 3.27. The number of allylic oxidation sites excluding steroid dienone is 3. The zero-order chi connectivity index (χ0) is 26.9. The van der Waals surface area contributed by atoms with Gasteiger partial charge in [0.2, 0.25) is 17.7 Å². The van der Waals surface area contributed by atoms with Crippen molar-refractivity contribution >= 4 is 58.3 Å². The van der Waals surface area contributed by atoms with Crippen LogP contribution in [0.15, 0.2) is 76.3 Å². The molecule has 2 aromatic carbocycles. The summed E-state index contributed by atoms with van der Waals surface area (Å²) in [5.74, 6) is 0.380. The molecule has 192 valence electrons. The lowest BCUT2D eigenvalue weighted by atomic mass is 10.2. The Morgan fingerprint density at radius 3 is 2.49 bits per heavy atom. The van der Waals surface area contributed by atoms with Gasteiger partial charge >= 0.3 is 0 Å². The maximum absolute atomic E-state index is 12.3. The minimum atomic E-state index is -0.534. The van der Waals surface area contributed by atoms with Gasteiger partial charge in [0.25, 0.3) is 0 Å². The van der Waals surface area contributed by atoms with E-state index in [1.807, 2.05) is 0 Å². The van der Waals surface area contributed by atoms with Gasteiger partial charge in [-0.05, 0) is 50.0 Å². The molecule has 1 heterocycles. The number of hydrogen-bond acceptors (Lipinski definition) is 7. The molecule has 2 amide bonds. The lowest BCUT2D eigenvalue weighted by Gasteiger charge is -2.13. The smallest absolute Gasteiger partial charge is 0.237 e. The molecular formula is C26H24Cl2N4O5. The van der Waals surface area contributed by atoms with E-state index < -0.39 is 18.2 Å². The Morgan fingerprint density at radius 2 is 1.81 bits per heavy atom. The van der Waals surface area contributed by atoms with E-state index in [0.717, 1.165) is 0 Å². The number of pyridine rings is 1. The summed E-state index contributed by atoms with van der Waals surface area (Å²) in [6, 6.07) is 11.7. The Hall–Kier alpha value is -4.08. The zero-order valence-electron chi connectivity index (χ0n) is 20.3. The van der Waals surface area contributed by atoms with Crippen LogP contribution in [-0.2, 0) is 9.59 Å². The number of benzene rings is 2. The van der Waals surface area contributed by atoms with Crippen molar-refractivity contribution in [2.24, 2.45) is 4.99 Å². The van der Waals surface area contributed by atoms with Gasteiger partial charge in [0.15, 0.2) is 11.5 Å². The molecule has 0 saturated carbocycles. The normalized spacial score (nSPS) is 11.9. The maximum atomic E-state index is 12.3. The monoisotopic (exact) mass is 542 g/mol. The summed E-state index contributed by atoms with van der Waals surface area (Å²) in [4.78, 5) is 32.6. The average Bonchev–Trinajstić information content (AvgIpc) is 2.85. The third kappa shape index (κ3) is 7.45. The summed E-state index contributed by atoms with van der Waals surface area (Å²) in [6.07, 6.45) is 2.59. The van der Waals surface area contributed by atoms with Crippen molar-refractivity contribution in [1.82, 2.24) is 10.3 Å². The van der Waals surface area contributed by atoms with Crippen molar-refractivity contribution in [2.45, 2.75) is 13.3 Å². The Balaban J connectivity index is 1.72. The van der Waals surface area contributed by atoms with Crippen LogP contribution in [0.3, 0.4) is 0 Å². The molecule has 0 aliphatic rings. The van der Waals surface area contributed by atoms with Crippen molar-refractivity contribution in [3.8, 4) is 17.2 Å². The molecule has 0 bridgehead atoms. The number of rotatable bonds is 10. The lowest BCUT2D eigenvalue weighted by Crippen LogP contribution is -2.26. The number of carbonyl (C=O) groups is 2. The largest absolute Gasteiger partial charge is 0.493 e. The Morgan fingerprint density at radius 1 is 1.08 bits per heavy atom. The van der Waals surface area contributed by atoms with E-state index in [2.05, 4.69) is 27.3 Å². The number of hydrogen-bond donors (Lipinski definition) is 2. The van der Waals surface area contributed by atoms with E-state index in [4.69, 9.17) is 37.4 Å². The van der Waals surface area contributed by atoms with Crippen LogP contribution >= 0.6 is 23.2 Å². The van der Waals surface area contributed by atoms with Gasteiger partial charge in [0.05, 0.1) is 19.7 Å². The first-order chi connectivity index (χ1) is 17.7. The van der Waals surface area contributed by atoms with Gasteiger partial charge in [-0.15, -0.1) is 0 Å². The first-order valence-corrected chi connectivity index (χ1v) is 11.6. The summed E-state index contributed by atoms with van der Waals surface area (Å²) in [6.45, 7) is 5.12. The van der Waals surface area contributed by atoms with Crippen molar-refractivity contribution in [1.29, 1.82) is 0 Å². The number of aromatic nitrogens is 1. The van der Waals surface area contributed by atoms with E-state index in [9.17, 15) is 9.59 Å². The van der Waals surface area contributed by atoms with Crippen LogP contribution < -0.4 is 24.8 Å². The zero-order valence-corrected chi connectivity index (χ0v) is 21.8. The fraction of sp³-hybridized carbons (Fsp3) is 0.154. The first kappa shape index (κ1) is 27.5. The highest BCUT2D eigenvalue weighted by Gasteiger charge is 2.14. The number of nitrogens with zero attached hydrogens (tertiary/aromatic N) is 2. The molecule has 0 aliphatic carbocycles. The molecule has 0 radical (unpaired) electrons. The van der Waals surface area contributed by atoms with E-state index in [-0.39, 0.29) is 10.9 Å². The minimum Gasteiger partial charge on any atom is -0.493 e. The Kier molecular flexibility index (Phi) is 9.48. The van der Waals surface area contributed by atoms with Crippen molar-refractivity contribution < 1.29 is 23.8 Å². The highest BCUT2D eigenvalue weighted by Crippen LogP contribution is 2.36. The molecule has 0 saturated heterocycles. The topological polar surface area (TPSA) is 111 Å². The molecule has 1 aromatic heterocycles. The quantitative estimate of drug-likeness (QED) is 0.153. The van der Waals surface area contributed by atoms with E-state index in [0.29, 0.717) is 44.6 Å². The second-order valence-corrected chi connectivity index (χ2v) is 8.40. The van der Waals surface area contributed by atoms with E-state index in [1.54, 1.807) is 55.6 Å². The van der Waals surface area contributed by atoms with Crippen LogP contribution in [0.25, 0.3) is 10.9 Å². The number of carbonyl (C=O) groups excluding carboxylic acids is 2. The third-order valence-electron chi connectivity index (χ3n) is 4.87. The lowest BCUT2D eigenvalue weighted by molar-refractivity contribution is -0.126. The maximum Gasteiger partial charge on any atom is 0.237 e. The van der Waals surface area contributed by atoms with Gasteiger partial charge in [-0.3, -0.25) is 14.6 Å². The molecule has 9 nitrogen and oxygen atoms in total. The molecule has 11 heteroatoms. The second kappa shape index (κ2) is 12.8. The number of nitrogens with one attached hydrogen (secondary N) is 2. The number of aliphatic imine (C=N–C) groups is 1. The second-order valence-electron chi connectivity index (χ2n) is 7.56. The Bertz CT molecular complexity index is 1400. The SMILES string of the molecule is C=N/C(Oc1ccnc2cc(OC)c(OC)cc12)=C(Cl)\C=C(/C)NC(=O)CC(=O)Nc1cccc(Cl)c1. The van der Waals surface area contributed by atoms with E-state index >= 15 is 0 Å². The van der Waals surface area contributed by atoms with Crippen LogP contribution in [0.5, 0.6) is 17.2 Å². The predicted octanol–water partition coefficient (Wildman–Crippen LogP) is 5.44. The number of fused-ring (bicyclic) bond motifs is 1. The third-order valence-corrected chi connectivity index (χ3v) is 5.38. The molecule has 0 aliphatic heterocycles. The molecular weight excluding hydrogens is 519 g/mol. The average molecular weight is 543 g/mol. The van der Waals surface area contributed by atoms with Crippen LogP contribution in [0, 0.1) is 0 Å². The predicted molar refractivity (Wildman–Crippen MR) is 145 cm³/mol. The highest BCUT2D eigenvalue weighted by atomic mass is 35.5. The molecule has 0 fully saturated rings. The molecule has 3 rings (SSSR count). The summed E-state index contributed by atoms with van der Waals surface area (Å²) in [7, 11) is 3.06. The number of halogens is 2. The van der Waals surface area contributed by atoms with Crippen molar-refractivity contribution in [3.63, 3.8) is 0 Å². The van der Waals surface area contributed by atoms with Crippen molar-refractivity contribution in [2.75, 3.05) is 19.5 Å². The molecule has 37 heavy (non-hydrogen) atoms. The van der Waals surface area contributed by atoms with Gasteiger partial charge < -0.3 is 24.8 Å². The minimum absolute atomic E-state index is 0.00347. The van der Waals surface area contributed by atoms with Gasteiger partial charge in [-0.2, -0.15) is 0 Å². The summed E-state index contributed by atoms with van der Waals surface area (Å²) >= 11 is 12.3. The van der Waals surface area contributed by atoms with Gasteiger partial charge in [0.1, 0.15) is 17.2 Å². The summed E-state index contributed by atoms with van der Waals surface area (Å²) < 4.78 is 16.6. The van der Waals surface area contributed by atoms with Gasteiger partial charge in [0, 0.05) is 34.1 Å². The first-order valence-electron chi connectivity index (χ1n) is 10.8. The summed E-state index contributed by atoms with van der Waals surface area (Å²) in [5.41, 5.74) is 1.45. The van der Waals surface area contributed by atoms with Crippen LogP contribution in [-0.4, -0.2) is 37.7 Å². The van der Waals surface area contributed by atoms with Crippen LogP contribution in [0.1, 0.15) is 13.3 Å². The molecule has 0 spiro atoms. The van der Waals surface area contributed by atoms with Gasteiger partial charge in [-0.1, -0.05) is 29.3 Å². The van der Waals surface area contributed by atoms with Gasteiger partial charge in [-0.25, -0.2) is 4.99 Å². The number of ether oxygens (including phenoxy) is 3. The van der Waals surface area contributed by atoms with Crippen molar-refractivity contribution in [3.05, 3.63) is 76.4 Å². The Labute approximate surface area is 223 Å². The molecule has 3 aromatic rings. The summed E-state index contributed by atoms with van der Waals surface area (Å²) in [5, 5.41) is 6.37. The molecule has 0 unspecified atom stereocenters. The number of methoxy groups -OCH3 is 2. The standard InChI is InChI=1S/C26H24Cl2N4O5/c1-15(31-24(33)14-25(34)32-17-7-5-6-16(27)11-17)10-19(28)26(29-2)37-21-8-9-30-20-13-23(36-4)22(35-3)12-18(20)21/h5-13H,2,14H2,1,3-4H3,(H,31,33)(H,32,34)/b15-10+,26-19-. The highest BCUT2D eigenvalue weighted by molar-refractivity contribution is 6.31. The van der Waals surface area contributed by atoms with Crippen LogP contribution in [0.4, 0.5) is 5.69 Å². The molecule has 2 N–H and O–H groups in total. The number of amides is 2. The van der Waals surface area contributed by atoms with Crippen LogP contribution in [0.2, 0.25) is 5.02 Å². The molecule has 0 atom stereocenters. The van der Waals surface area contributed by atoms with E-state index in [1.165, 1.54) is 20.3 Å². The number of anilines is 1. The fourth-order valence-corrected chi connectivity index (χ4v) is 3.72.